The van der Waals surface area contributed by atoms with Crippen molar-refractivity contribution in [2.24, 2.45) is 4.36 Å². The van der Waals surface area contributed by atoms with Gasteiger partial charge in [0.25, 0.3) is 0 Å². The van der Waals surface area contributed by atoms with Gasteiger partial charge in [0.2, 0.25) is 0 Å². The Bertz CT molecular complexity index is 1040. The summed E-state index contributed by atoms with van der Waals surface area (Å²) in [7, 11) is -1.82. The van der Waals surface area contributed by atoms with Crippen LogP contribution in [0.25, 0.3) is 0 Å². The van der Waals surface area contributed by atoms with Crippen LogP contribution in [0.15, 0.2) is 20.0 Å². The first-order chi connectivity index (χ1) is 12.9. The zero-order chi connectivity index (χ0) is 19.1. The number of amides is 2. The van der Waals surface area contributed by atoms with Gasteiger partial charge in [0.05, 0.1) is 5.69 Å². The summed E-state index contributed by atoms with van der Waals surface area (Å²) >= 11 is 1.17. The molecular weight excluding hydrogens is 382 g/mol. The van der Waals surface area contributed by atoms with E-state index >= 15 is 0 Å². The second-order valence-corrected chi connectivity index (χ2v) is 9.34. The number of aromatic nitrogens is 1. The first kappa shape index (κ1) is 18.3. The van der Waals surface area contributed by atoms with Crippen molar-refractivity contribution in [3.05, 3.63) is 39.5 Å². The van der Waals surface area contributed by atoms with Crippen LogP contribution < -0.4 is 5.32 Å². The van der Waals surface area contributed by atoms with Crippen molar-refractivity contribution in [2.75, 3.05) is 5.32 Å². The number of hydrogen-bond acceptors (Lipinski definition) is 6. The van der Waals surface area contributed by atoms with Gasteiger partial charge >= 0.3 is 6.03 Å². The Morgan fingerprint density at radius 2 is 2.11 bits per heavy atom. The van der Waals surface area contributed by atoms with Crippen LogP contribution in [-0.4, -0.2) is 16.8 Å². The Hall–Kier alpha value is -2.06. The predicted octanol–water partition coefficient (Wildman–Crippen LogP) is 4.62. The number of nitrogens with one attached hydrogen (secondary N) is 1. The van der Waals surface area contributed by atoms with Crippen molar-refractivity contribution < 1.29 is 13.8 Å². The molecular formula is C19H20N3O3S2-. The maximum Gasteiger partial charge on any atom is 0.322 e. The molecule has 4 rings (SSSR count). The maximum atomic E-state index is 12.5. The molecule has 2 aromatic heterocycles. The average Bonchev–Trinajstić information content (AvgIpc) is 3.34. The van der Waals surface area contributed by atoms with Gasteiger partial charge in [0.1, 0.15) is 0 Å². The number of Topliss-reactive ketones (excluding diaryl/α,β-unsaturated/α-hetero) is 1. The number of rotatable bonds is 3. The standard InChI is InChI=1S/C19H20N3O3S2/c1-10-6-7-14-17(10)20-15-5-3-4-13(15)18(14)21-19(24)22-27(25)16-8-12(9-26-16)11(2)23/h8-10H,3-7H2,1-2H3,(H,20,21,24)/q-1/t10-/m1/s1. The van der Waals surface area contributed by atoms with Crippen LogP contribution in [0.5, 0.6) is 0 Å². The predicted molar refractivity (Wildman–Crippen MR) is 105 cm³/mol. The summed E-state index contributed by atoms with van der Waals surface area (Å²) in [6.07, 6.45) is 4.79. The average molecular weight is 403 g/mol. The lowest BCUT2D eigenvalue weighted by Crippen LogP contribution is -2.12. The molecule has 0 saturated heterocycles. The molecule has 1 atom stereocenters. The zero-order valence-corrected chi connectivity index (χ0v) is 16.8. The summed E-state index contributed by atoms with van der Waals surface area (Å²) in [5, 5.41) is 4.52. The fraction of sp³-hybridized carbons (Fsp3) is 0.421. The Labute approximate surface area is 163 Å². The third kappa shape index (κ3) is 3.43. The monoisotopic (exact) mass is 402 g/mol. The Morgan fingerprint density at radius 3 is 2.85 bits per heavy atom. The number of fused-ring (bicyclic) bond motifs is 2. The van der Waals surface area contributed by atoms with Crippen LogP contribution in [0.2, 0.25) is 0 Å². The van der Waals surface area contributed by atoms with Gasteiger partial charge in [-0.1, -0.05) is 13.0 Å². The van der Waals surface area contributed by atoms with E-state index in [0.717, 1.165) is 60.3 Å². The topological polar surface area (TPSA) is 88.5 Å². The van der Waals surface area contributed by atoms with Crippen molar-refractivity contribution in [2.45, 2.75) is 56.1 Å². The molecule has 0 aromatic carbocycles. The first-order valence-corrected chi connectivity index (χ1v) is 11.0. The minimum atomic E-state index is -1.82. The van der Waals surface area contributed by atoms with Gasteiger partial charge in [0.15, 0.2) is 5.78 Å². The highest BCUT2D eigenvalue weighted by Crippen LogP contribution is 2.41. The molecule has 0 fully saturated rings. The highest BCUT2D eigenvalue weighted by atomic mass is 32.2. The maximum absolute atomic E-state index is 12.5. The fourth-order valence-electron chi connectivity index (χ4n) is 3.80. The third-order valence-electron chi connectivity index (χ3n) is 5.20. The number of urea groups is 1. The summed E-state index contributed by atoms with van der Waals surface area (Å²) < 4.78 is 16.6. The molecule has 2 aliphatic carbocycles. The summed E-state index contributed by atoms with van der Waals surface area (Å²) in [6, 6.07) is 0.914. The summed E-state index contributed by atoms with van der Waals surface area (Å²) in [5.74, 6) is 0.291. The van der Waals surface area contributed by atoms with E-state index in [2.05, 4.69) is 16.6 Å². The van der Waals surface area contributed by atoms with Crippen molar-refractivity contribution in [1.82, 2.24) is 4.98 Å². The van der Waals surface area contributed by atoms with Crippen LogP contribution in [0, 0.1) is 0 Å². The molecule has 2 heterocycles. The van der Waals surface area contributed by atoms with E-state index < -0.39 is 16.6 Å². The van der Waals surface area contributed by atoms with Gasteiger partial charge in [-0.3, -0.25) is 9.78 Å². The molecule has 142 valence electrons. The van der Waals surface area contributed by atoms with Gasteiger partial charge in [-0.05, 0) is 65.7 Å². The van der Waals surface area contributed by atoms with Crippen LogP contribution in [0.4, 0.5) is 10.5 Å². The van der Waals surface area contributed by atoms with E-state index in [1.54, 1.807) is 5.38 Å². The molecule has 2 amide bonds. The number of aryl methyl sites for hydroxylation is 1. The Kier molecular flexibility index (Phi) is 4.86. The highest BCUT2D eigenvalue weighted by Gasteiger charge is 2.29. The van der Waals surface area contributed by atoms with Gasteiger partial charge in [-0.2, -0.15) is 11.3 Å². The summed E-state index contributed by atoms with van der Waals surface area (Å²) in [4.78, 5) is 28.7. The molecule has 27 heavy (non-hydrogen) atoms. The number of anilines is 1. The van der Waals surface area contributed by atoms with E-state index in [9.17, 15) is 13.8 Å². The molecule has 2 aliphatic rings. The molecule has 0 saturated carbocycles. The second kappa shape index (κ2) is 7.16. The van der Waals surface area contributed by atoms with Crippen LogP contribution in [0.1, 0.15) is 65.5 Å². The number of ketones is 1. The van der Waals surface area contributed by atoms with Gasteiger partial charge < -0.3 is 13.9 Å². The normalized spacial score (nSPS) is 19.0. The van der Waals surface area contributed by atoms with E-state index in [1.165, 1.54) is 24.3 Å². The molecule has 0 radical (unpaired) electrons. The van der Waals surface area contributed by atoms with Crippen molar-refractivity contribution in [1.29, 1.82) is 0 Å². The van der Waals surface area contributed by atoms with E-state index in [1.807, 2.05) is 0 Å². The van der Waals surface area contributed by atoms with Gasteiger partial charge in [-0.25, -0.2) is 4.79 Å². The minimum Gasteiger partial charge on any atom is -0.439 e. The third-order valence-corrected chi connectivity index (χ3v) is 7.43. The summed E-state index contributed by atoms with van der Waals surface area (Å²) in [5.41, 5.74) is 5.68. The number of hydrogen-bond donors (Lipinski definition) is 1. The van der Waals surface area contributed by atoms with Gasteiger partial charge in [0, 0.05) is 17.0 Å². The van der Waals surface area contributed by atoms with Gasteiger partial charge in [-0.15, -0.1) is 10.6 Å². The number of carbonyl (C=O) groups is 2. The van der Waals surface area contributed by atoms with Crippen LogP contribution in [-0.2, 0) is 34.1 Å². The zero-order valence-electron chi connectivity index (χ0n) is 15.2. The van der Waals surface area contributed by atoms with Crippen molar-refractivity contribution >= 4 is 39.4 Å². The van der Waals surface area contributed by atoms with Crippen molar-refractivity contribution in [3.63, 3.8) is 0 Å². The SMILES string of the molecule is CC(=O)c1csc(/[S-](=O)=N/C(=O)Nc2c3c(nc4c2CC[C@H]4C)CCC3)c1. The lowest BCUT2D eigenvalue weighted by Gasteiger charge is -2.15. The smallest absolute Gasteiger partial charge is 0.322 e. The van der Waals surface area contributed by atoms with Crippen LogP contribution >= 0.6 is 11.3 Å². The minimum absolute atomic E-state index is 0.101. The highest BCUT2D eigenvalue weighted by molar-refractivity contribution is 7.78. The van der Waals surface area contributed by atoms with E-state index in [-0.39, 0.29) is 5.78 Å². The van der Waals surface area contributed by atoms with Crippen LogP contribution in [0.3, 0.4) is 0 Å². The lowest BCUT2D eigenvalue weighted by atomic mass is 10.0. The summed E-state index contributed by atoms with van der Waals surface area (Å²) in [6.45, 7) is 3.61. The molecule has 8 heteroatoms. The molecule has 2 aromatic rings. The Balaban J connectivity index is 1.63. The second-order valence-electron chi connectivity index (χ2n) is 7.05. The number of pyridine rings is 1. The molecule has 1 N–H and O–H groups in total. The Morgan fingerprint density at radius 1 is 1.30 bits per heavy atom. The molecule has 0 spiro atoms. The molecule has 0 bridgehead atoms. The number of nitrogens with zero attached hydrogens (tertiary/aromatic N) is 2. The molecule has 6 nitrogen and oxygen atoms in total. The number of carbonyl (C=O) groups excluding carboxylic acids is 2. The fourth-order valence-corrected chi connectivity index (χ4v) is 5.57. The van der Waals surface area contributed by atoms with Crippen molar-refractivity contribution in [3.8, 4) is 0 Å². The van der Waals surface area contributed by atoms with E-state index in [4.69, 9.17) is 4.98 Å². The quantitative estimate of drug-likeness (QED) is 0.599. The number of thiophene rings is 1. The largest absolute Gasteiger partial charge is 0.439 e. The van der Waals surface area contributed by atoms with E-state index in [0.29, 0.717) is 15.7 Å². The first-order valence-electron chi connectivity index (χ1n) is 9.02. The lowest BCUT2D eigenvalue weighted by molar-refractivity contribution is 0.101. The molecule has 0 unspecified atom stereocenters. The molecule has 0 aliphatic heterocycles.